The second kappa shape index (κ2) is 5.08. The highest BCUT2D eigenvalue weighted by molar-refractivity contribution is 7.09. The number of hydrogen-bond acceptors (Lipinski definition) is 3. The van der Waals surface area contributed by atoms with Gasteiger partial charge in [-0.1, -0.05) is 13.8 Å². The molecule has 0 N–H and O–H groups in total. The third kappa shape index (κ3) is 3.02. The van der Waals surface area contributed by atoms with Crippen molar-refractivity contribution < 1.29 is 0 Å². The number of nitrogens with zero attached hydrogens (tertiary/aromatic N) is 2. The van der Waals surface area contributed by atoms with Gasteiger partial charge in [-0.2, -0.15) is 0 Å². The Labute approximate surface area is 96.3 Å². The molecule has 1 aliphatic rings. The predicted octanol–water partition coefficient (Wildman–Crippen LogP) is 3.01. The van der Waals surface area contributed by atoms with Gasteiger partial charge in [-0.15, -0.1) is 11.3 Å². The molecule has 1 aliphatic heterocycles. The molecule has 0 amide bonds. The minimum atomic E-state index is 0.823. The van der Waals surface area contributed by atoms with Crippen molar-refractivity contribution in [3.8, 4) is 0 Å². The molecule has 15 heavy (non-hydrogen) atoms. The zero-order chi connectivity index (χ0) is 10.7. The maximum atomic E-state index is 4.36. The van der Waals surface area contributed by atoms with Crippen LogP contribution in [0.1, 0.15) is 31.7 Å². The molecular weight excluding hydrogens is 204 g/mol. The van der Waals surface area contributed by atoms with E-state index in [1.807, 2.05) is 6.20 Å². The molecule has 2 rings (SSSR count). The van der Waals surface area contributed by atoms with E-state index in [4.69, 9.17) is 0 Å². The summed E-state index contributed by atoms with van der Waals surface area (Å²) >= 11 is 1.77. The molecule has 2 heterocycles. The van der Waals surface area contributed by atoms with Crippen molar-refractivity contribution in [3.05, 3.63) is 16.6 Å². The van der Waals surface area contributed by atoms with Gasteiger partial charge in [0.1, 0.15) is 5.01 Å². The molecule has 0 radical (unpaired) electrons. The predicted molar refractivity (Wildman–Crippen MR) is 65.0 cm³/mol. The van der Waals surface area contributed by atoms with Gasteiger partial charge >= 0.3 is 0 Å². The lowest BCUT2D eigenvalue weighted by molar-refractivity contribution is 0.139. The number of aromatic nitrogens is 1. The Morgan fingerprint density at radius 1 is 1.60 bits per heavy atom. The minimum Gasteiger partial charge on any atom is -0.296 e. The van der Waals surface area contributed by atoms with E-state index in [1.54, 1.807) is 11.3 Å². The summed E-state index contributed by atoms with van der Waals surface area (Å²) in [6.45, 7) is 8.26. The van der Waals surface area contributed by atoms with Gasteiger partial charge in [0, 0.05) is 18.1 Å². The molecular formula is C12H20N2S. The third-order valence-electron chi connectivity index (χ3n) is 3.33. The molecule has 0 aromatic carbocycles. The SMILES string of the molecule is CC(C)[C@@H]1CCCN(Cc2nccs2)C1. The molecule has 0 aliphatic carbocycles. The van der Waals surface area contributed by atoms with Gasteiger partial charge in [0.2, 0.25) is 0 Å². The third-order valence-corrected chi connectivity index (χ3v) is 4.09. The molecule has 1 fully saturated rings. The Morgan fingerprint density at radius 2 is 2.47 bits per heavy atom. The van der Waals surface area contributed by atoms with Crippen LogP contribution in [0.25, 0.3) is 0 Å². The first kappa shape index (κ1) is 11.1. The van der Waals surface area contributed by atoms with Crippen molar-refractivity contribution in [1.29, 1.82) is 0 Å². The Balaban J connectivity index is 1.88. The second-order valence-corrected chi connectivity index (χ2v) is 5.79. The first-order valence-corrected chi connectivity index (χ1v) is 6.74. The molecule has 0 spiro atoms. The van der Waals surface area contributed by atoms with Gasteiger partial charge < -0.3 is 0 Å². The van der Waals surface area contributed by atoms with E-state index in [1.165, 1.54) is 30.9 Å². The minimum absolute atomic E-state index is 0.823. The molecule has 1 saturated heterocycles. The lowest BCUT2D eigenvalue weighted by Gasteiger charge is -2.34. The zero-order valence-electron chi connectivity index (χ0n) is 9.65. The fourth-order valence-electron chi connectivity index (χ4n) is 2.30. The van der Waals surface area contributed by atoms with Crippen LogP contribution in [0.2, 0.25) is 0 Å². The van der Waals surface area contributed by atoms with Crippen LogP contribution in [-0.2, 0) is 6.54 Å². The molecule has 0 bridgehead atoms. The molecule has 1 atom stereocenters. The Morgan fingerprint density at radius 3 is 3.13 bits per heavy atom. The van der Waals surface area contributed by atoms with Crippen molar-refractivity contribution in [2.45, 2.75) is 33.2 Å². The Bertz CT molecular complexity index is 282. The maximum Gasteiger partial charge on any atom is 0.107 e. The van der Waals surface area contributed by atoms with Crippen molar-refractivity contribution in [1.82, 2.24) is 9.88 Å². The number of piperidine rings is 1. The number of likely N-dealkylation sites (tertiary alicyclic amines) is 1. The van der Waals surface area contributed by atoms with Crippen LogP contribution in [-0.4, -0.2) is 23.0 Å². The van der Waals surface area contributed by atoms with Crippen LogP contribution >= 0.6 is 11.3 Å². The smallest absolute Gasteiger partial charge is 0.107 e. The normalized spacial score (nSPS) is 23.5. The van der Waals surface area contributed by atoms with Crippen LogP contribution in [0, 0.1) is 11.8 Å². The van der Waals surface area contributed by atoms with Crippen LogP contribution in [0.15, 0.2) is 11.6 Å². The summed E-state index contributed by atoms with van der Waals surface area (Å²) in [6, 6.07) is 0. The summed E-state index contributed by atoms with van der Waals surface area (Å²) in [7, 11) is 0. The van der Waals surface area contributed by atoms with Crippen molar-refractivity contribution in [2.75, 3.05) is 13.1 Å². The fourth-order valence-corrected chi connectivity index (χ4v) is 2.96. The van der Waals surface area contributed by atoms with Crippen LogP contribution < -0.4 is 0 Å². The lowest BCUT2D eigenvalue weighted by atomic mass is 9.88. The van der Waals surface area contributed by atoms with E-state index in [0.717, 1.165) is 18.4 Å². The molecule has 0 unspecified atom stereocenters. The van der Waals surface area contributed by atoms with Crippen molar-refractivity contribution in [3.63, 3.8) is 0 Å². The average Bonchev–Trinajstić information content (AvgIpc) is 2.71. The first-order chi connectivity index (χ1) is 7.25. The van der Waals surface area contributed by atoms with Crippen LogP contribution in [0.5, 0.6) is 0 Å². The highest BCUT2D eigenvalue weighted by Crippen LogP contribution is 2.24. The van der Waals surface area contributed by atoms with E-state index in [2.05, 4.69) is 29.1 Å². The fraction of sp³-hybridized carbons (Fsp3) is 0.750. The van der Waals surface area contributed by atoms with Crippen molar-refractivity contribution >= 4 is 11.3 Å². The summed E-state index contributed by atoms with van der Waals surface area (Å²) in [5, 5.41) is 3.33. The van der Waals surface area contributed by atoms with Gasteiger partial charge in [-0.25, -0.2) is 4.98 Å². The topological polar surface area (TPSA) is 16.1 Å². The van der Waals surface area contributed by atoms with Gasteiger partial charge in [-0.3, -0.25) is 4.90 Å². The van der Waals surface area contributed by atoms with Crippen molar-refractivity contribution in [2.24, 2.45) is 11.8 Å². The van der Waals surface area contributed by atoms with E-state index in [0.29, 0.717) is 0 Å². The number of thiazole rings is 1. The molecule has 3 heteroatoms. The molecule has 0 saturated carbocycles. The van der Waals surface area contributed by atoms with E-state index < -0.39 is 0 Å². The maximum absolute atomic E-state index is 4.36. The Kier molecular flexibility index (Phi) is 3.76. The van der Waals surface area contributed by atoms with Gasteiger partial charge in [-0.05, 0) is 31.2 Å². The highest BCUT2D eigenvalue weighted by Gasteiger charge is 2.22. The summed E-state index contributed by atoms with van der Waals surface area (Å²) in [5.41, 5.74) is 0. The van der Waals surface area contributed by atoms with E-state index in [9.17, 15) is 0 Å². The summed E-state index contributed by atoms with van der Waals surface area (Å²) in [5.74, 6) is 1.71. The zero-order valence-corrected chi connectivity index (χ0v) is 10.5. The molecule has 84 valence electrons. The summed E-state index contributed by atoms with van der Waals surface area (Å²) in [6.07, 6.45) is 4.67. The second-order valence-electron chi connectivity index (χ2n) is 4.81. The molecule has 1 aromatic rings. The molecule has 2 nitrogen and oxygen atoms in total. The Hall–Kier alpha value is -0.410. The largest absolute Gasteiger partial charge is 0.296 e. The summed E-state index contributed by atoms with van der Waals surface area (Å²) in [4.78, 5) is 6.92. The van der Waals surface area contributed by atoms with Crippen LogP contribution in [0.3, 0.4) is 0 Å². The van der Waals surface area contributed by atoms with Gasteiger partial charge in [0.15, 0.2) is 0 Å². The van der Waals surface area contributed by atoms with E-state index >= 15 is 0 Å². The monoisotopic (exact) mass is 224 g/mol. The van der Waals surface area contributed by atoms with Gasteiger partial charge in [0.25, 0.3) is 0 Å². The molecule has 1 aromatic heterocycles. The first-order valence-electron chi connectivity index (χ1n) is 5.86. The van der Waals surface area contributed by atoms with Gasteiger partial charge in [0.05, 0.1) is 6.54 Å². The lowest BCUT2D eigenvalue weighted by Crippen LogP contribution is -2.36. The number of rotatable bonds is 3. The number of hydrogen-bond donors (Lipinski definition) is 0. The average molecular weight is 224 g/mol. The highest BCUT2D eigenvalue weighted by atomic mass is 32.1. The standard InChI is InChI=1S/C12H20N2S/c1-10(2)11-4-3-6-14(8-11)9-12-13-5-7-15-12/h5,7,10-11H,3-4,6,8-9H2,1-2H3/t11-/m1/s1. The summed E-state index contributed by atoms with van der Waals surface area (Å²) < 4.78 is 0. The van der Waals surface area contributed by atoms with E-state index in [-0.39, 0.29) is 0 Å². The quantitative estimate of drug-likeness (QED) is 0.784. The van der Waals surface area contributed by atoms with Crippen LogP contribution in [0.4, 0.5) is 0 Å².